The molecule has 14 heavy (non-hydrogen) atoms. The molecule has 0 radical (unpaired) electrons. The Labute approximate surface area is 83.7 Å². The van der Waals surface area contributed by atoms with Crippen molar-refractivity contribution >= 4 is 0 Å². The molecule has 1 fully saturated rings. The Morgan fingerprint density at radius 3 is 2.79 bits per heavy atom. The average Bonchev–Trinajstić information content (AvgIpc) is 2.07. The first-order chi connectivity index (χ1) is 6.81. The quantitative estimate of drug-likeness (QED) is 0.764. The van der Waals surface area contributed by atoms with Gasteiger partial charge >= 0.3 is 0 Å². The van der Waals surface area contributed by atoms with Crippen LogP contribution in [-0.4, -0.2) is 24.8 Å². The lowest BCUT2D eigenvalue weighted by Gasteiger charge is -2.28. The van der Waals surface area contributed by atoms with Crippen molar-refractivity contribution in [1.29, 1.82) is 0 Å². The molecule has 2 rings (SSSR count). The third kappa shape index (κ3) is 1.68. The van der Waals surface area contributed by atoms with E-state index in [9.17, 15) is 5.11 Å². The van der Waals surface area contributed by atoms with Gasteiger partial charge in [0.25, 0.3) is 0 Å². The lowest BCUT2D eigenvalue weighted by atomic mass is 9.93. The summed E-state index contributed by atoms with van der Waals surface area (Å²) in [6.07, 6.45) is 0. The van der Waals surface area contributed by atoms with Gasteiger partial charge in [0.1, 0.15) is 11.5 Å². The molecule has 0 aromatic heterocycles. The zero-order valence-electron chi connectivity index (χ0n) is 8.29. The Kier molecular flexibility index (Phi) is 2.59. The van der Waals surface area contributed by atoms with Crippen LogP contribution in [0.4, 0.5) is 0 Å². The van der Waals surface area contributed by atoms with Crippen LogP contribution in [-0.2, 0) is 0 Å². The van der Waals surface area contributed by atoms with Crippen LogP contribution in [0.15, 0.2) is 18.2 Å². The molecule has 0 aliphatic carbocycles. The molecule has 1 aliphatic rings. The monoisotopic (exact) mass is 193 g/mol. The molecule has 2 N–H and O–H groups in total. The zero-order valence-corrected chi connectivity index (χ0v) is 8.29. The van der Waals surface area contributed by atoms with Crippen LogP contribution < -0.4 is 10.1 Å². The van der Waals surface area contributed by atoms with Crippen molar-refractivity contribution in [2.45, 2.75) is 12.8 Å². The number of aromatic hydroxyl groups is 1. The molecule has 1 heterocycles. The van der Waals surface area contributed by atoms with Crippen LogP contribution >= 0.6 is 0 Å². The summed E-state index contributed by atoms with van der Waals surface area (Å²) in [7, 11) is 0. The first kappa shape index (κ1) is 9.34. The highest BCUT2D eigenvalue weighted by molar-refractivity contribution is 5.42. The first-order valence-corrected chi connectivity index (χ1v) is 4.97. The second-order valence-corrected chi connectivity index (χ2v) is 3.51. The molecule has 1 saturated heterocycles. The maximum absolute atomic E-state index is 9.75. The van der Waals surface area contributed by atoms with Crippen molar-refractivity contribution in [1.82, 2.24) is 5.32 Å². The van der Waals surface area contributed by atoms with Crippen LogP contribution in [0.1, 0.15) is 18.4 Å². The maximum Gasteiger partial charge on any atom is 0.122 e. The summed E-state index contributed by atoms with van der Waals surface area (Å²) in [5.74, 6) is 1.55. The van der Waals surface area contributed by atoms with Crippen molar-refractivity contribution < 1.29 is 9.84 Å². The van der Waals surface area contributed by atoms with E-state index in [1.807, 2.05) is 19.1 Å². The van der Waals surface area contributed by atoms with Gasteiger partial charge in [-0.15, -0.1) is 0 Å². The molecular weight excluding hydrogens is 178 g/mol. The molecule has 0 spiro atoms. The fourth-order valence-electron chi connectivity index (χ4n) is 1.63. The van der Waals surface area contributed by atoms with Gasteiger partial charge in [-0.2, -0.15) is 0 Å². The Balaban J connectivity index is 2.17. The van der Waals surface area contributed by atoms with Crippen molar-refractivity contribution in [2.24, 2.45) is 0 Å². The van der Waals surface area contributed by atoms with E-state index in [1.165, 1.54) is 0 Å². The lowest BCUT2D eigenvalue weighted by molar-refractivity contribution is 0.336. The topological polar surface area (TPSA) is 41.5 Å². The molecule has 3 heteroatoms. The predicted octanol–water partition coefficient (Wildman–Crippen LogP) is 1.48. The summed E-state index contributed by atoms with van der Waals surface area (Å²) in [5.41, 5.74) is 1.02. The number of ether oxygens (including phenoxy) is 1. The molecule has 0 amide bonds. The normalized spacial score (nSPS) is 16.4. The summed E-state index contributed by atoms with van der Waals surface area (Å²) < 4.78 is 5.30. The van der Waals surface area contributed by atoms with E-state index in [-0.39, 0.29) is 0 Å². The van der Waals surface area contributed by atoms with Crippen LogP contribution in [0.25, 0.3) is 0 Å². The Bertz CT molecular complexity index is 321. The minimum absolute atomic E-state index is 0.349. The van der Waals surface area contributed by atoms with Crippen LogP contribution in [0, 0.1) is 0 Å². The maximum atomic E-state index is 9.75. The smallest absolute Gasteiger partial charge is 0.122 e. The van der Waals surface area contributed by atoms with E-state index < -0.39 is 0 Å². The Hall–Kier alpha value is -1.22. The minimum atomic E-state index is 0.349. The first-order valence-electron chi connectivity index (χ1n) is 4.97. The van der Waals surface area contributed by atoms with Crippen molar-refractivity contribution in [3.8, 4) is 11.5 Å². The number of hydrogen-bond acceptors (Lipinski definition) is 3. The number of rotatable bonds is 3. The van der Waals surface area contributed by atoms with Gasteiger partial charge in [0, 0.05) is 25.1 Å². The van der Waals surface area contributed by atoms with E-state index in [0.717, 1.165) is 24.4 Å². The molecule has 76 valence electrons. The highest BCUT2D eigenvalue weighted by Gasteiger charge is 2.21. The van der Waals surface area contributed by atoms with E-state index in [1.54, 1.807) is 6.07 Å². The van der Waals surface area contributed by atoms with Crippen LogP contribution in [0.5, 0.6) is 11.5 Å². The summed E-state index contributed by atoms with van der Waals surface area (Å²) in [6.45, 7) is 4.48. The Morgan fingerprint density at radius 1 is 1.50 bits per heavy atom. The van der Waals surface area contributed by atoms with Gasteiger partial charge in [-0.3, -0.25) is 0 Å². The highest BCUT2D eigenvalue weighted by Crippen LogP contribution is 2.31. The molecule has 1 aromatic carbocycles. The summed E-state index contributed by atoms with van der Waals surface area (Å²) >= 11 is 0. The van der Waals surface area contributed by atoms with Gasteiger partial charge < -0.3 is 15.2 Å². The average molecular weight is 193 g/mol. The second-order valence-electron chi connectivity index (χ2n) is 3.51. The highest BCUT2D eigenvalue weighted by atomic mass is 16.5. The third-order valence-electron chi connectivity index (χ3n) is 2.53. The number of hydrogen-bond donors (Lipinski definition) is 2. The molecule has 0 unspecified atom stereocenters. The molecular formula is C11H15NO2. The molecule has 0 saturated carbocycles. The summed E-state index contributed by atoms with van der Waals surface area (Å²) in [4.78, 5) is 0. The summed E-state index contributed by atoms with van der Waals surface area (Å²) in [5, 5.41) is 12.9. The van der Waals surface area contributed by atoms with Gasteiger partial charge in [0.15, 0.2) is 0 Å². The molecule has 0 bridgehead atoms. The molecule has 0 atom stereocenters. The third-order valence-corrected chi connectivity index (χ3v) is 2.53. The van der Waals surface area contributed by atoms with Crippen LogP contribution in [0.2, 0.25) is 0 Å². The number of nitrogens with one attached hydrogen (secondary N) is 1. The number of phenolic OH excluding ortho intramolecular Hbond substituents is 1. The molecule has 1 aromatic rings. The number of benzene rings is 1. The molecule has 1 aliphatic heterocycles. The summed E-state index contributed by atoms with van der Waals surface area (Å²) in [6, 6.07) is 5.56. The molecule has 3 nitrogen and oxygen atoms in total. The fourth-order valence-corrected chi connectivity index (χ4v) is 1.63. The fraction of sp³-hybridized carbons (Fsp3) is 0.455. The van der Waals surface area contributed by atoms with E-state index >= 15 is 0 Å². The van der Waals surface area contributed by atoms with Gasteiger partial charge in [-0.25, -0.2) is 0 Å². The predicted molar refractivity (Wildman–Crippen MR) is 54.9 cm³/mol. The largest absolute Gasteiger partial charge is 0.508 e. The standard InChI is InChI=1S/C11H15NO2/c1-2-14-9-3-4-10(11(13)5-9)8-6-12-7-8/h3-5,8,12-13H,2,6-7H2,1H3. The van der Waals surface area contributed by atoms with Crippen LogP contribution in [0.3, 0.4) is 0 Å². The minimum Gasteiger partial charge on any atom is -0.508 e. The van der Waals surface area contributed by atoms with E-state index in [0.29, 0.717) is 18.3 Å². The van der Waals surface area contributed by atoms with Crippen molar-refractivity contribution in [3.63, 3.8) is 0 Å². The van der Waals surface area contributed by atoms with E-state index in [4.69, 9.17) is 4.74 Å². The van der Waals surface area contributed by atoms with Gasteiger partial charge in [0.05, 0.1) is 6.61 Å². The second kappa shape index (κ2) is 3.88. The SMILES string of the molecule is CCOc1ccc(C2CNC2)c(O)c1. The Morgan fingerprint density at radius 2 is 2.29 bits per heavy atom. The zero-order chi connectivity index (χ0) is 9.97. The lowest BCUT2D eigenvalue weighted by Crippen LogP contribution is -2.39. The number of phenols is 1. The van der Waals surface area contributed by atoms with Gasteiger partial charge in [0.2, 0.25) is 0 Å². The van der Waals surface area contributed by atoms with Crippen molar-refractivity contribution in [2.75, 3.05) is 19.7 Å². The van der Waals surface area contributed by atoms with E-state index in [2.05, 4.69) is 5.32 Å². The van der Waals surface area contributed by atoms with Gasteiger partial charge in [-0.1, -0.05) is 6.07 Å². The van der Waals surface area contributed by atoms with Gasteiger partial charge in [-0.05, 0) is 18.6 Å². The van der Waals surface area contributed by atoms with Crippen molar-refractivity contribution in [3.05, 3.63) is 23.8 Å².